The average Bonchev–Trinajstić information content (AvgIpc) is 2.92. The van der Waals surface area contributed by atoms with Crippen LogP contribution in [0.25, 0.3) is 10.9 Å². The third-order valence-electron chi connectivity index (χ3n) is 8.29. The topological polar surface area (TPSA) is 44.9 Å². The predicted octanol–water partition coefficient (Wildman–Crippen LogP) is 10.4. The molecule has 3 aromatic rings. The van der Waals surface area contributed by atoms with Crippen molar-refractivity contribution in [2.75, 3.05) is 11.9 Å². The molecular formula is C36H54N2O. The van der Waals surface area contributed by atoms with Gasteiger partial charge in [0.1, 0.15) is 0 Å². The number of H-pyrrole nitrogens is 1. The van der Waals surface area contributed by atoms with Gasteiger partial charge in [0.15, 0.2) is 0 Å². The molecule has 0 saturated heterocycles. The number of aromatic amines is 1. The van der Waals surface area contributed by atoms with E-state index in [0.29, 0.717) is 5.92 Å². The number of aromatic nitrogens is 1. The molecule has 1 unspecified atom stereocenters. The van der Waals surface area contributed by atoms with Crippen molar-refractivity contribution in [1.29, 1.82) is 0 Å². The molecule has 39 heavy (non-hydrogen) atoms. The third kappa shape index (κ3) is 10.2. The zero-order valence-corrected chi connectivity index (χ0v) is 25.3. The molecule has 0 fully saturated rings. The lowest BCUT2D eigenvalue weighted by Crippen LogP contribution is -2.19. The number of rotatable bonds is 19. The maximum absolute atomic E-state index is 13.3. The van der Waals surface area contributed by atoms with Crippen LogP contribution in [-0.4, -0.2) is 11.5 Å². The van der Waals surface area contributed by atoms with Crippen LogP contribution in [0.2, 0.25) is 0 Å². The van der Waals surface area contributed by atoms with Gasteiger partial charge in [0, 0.05) is 17.5 Å². The van der Waals surface area contributed by atoms with E-state index in [0.717, 1.165) is 36.2 Å². The minimum absolute atomic E-state index is 0.0667. The summed E-state index contributed by atoms with van der Waals surface area (Å²) in [5, 5.41) is 4.90. The first kappa shape index (κ1) is 31.0. The highest BCUT2D eigenvalue weighted by molar-refractivity contribution is 5.95. The maximum Gasteiger partial charge on any atom is 0.253 e. The summed E-state index contributed by atoms with van der Waals surface area (Å²) < 4.78 is 0. The zero-order chi connectivity index (χ0) is 27.9. The van der Waals surface area contributed by atoms with E-state index in [4.69, 9.17) is 0 Å². The van der Waals surface area contributed by atoms with E-state index in [-0.39, 0.29) is 5.56 Å². The van der Waals surface area contributed by atoms with E-state index < -0.39 is 0 Å². The summed E-state index contributed by atoms with van der Waals surface area (Å²) in [6, 6.07) is 15.0. The van der Waals surface area contributed by atoms with Gasteiger partial charge < -0.3 is 10.3 Å². The quantitative estimate of drug-likeness (QED) is 0.151. The van der Waals surface area contributed by atoms with E-state index >= 15 is 0 Å². The van der Waals surface area contributed by atoms with Crippen LogP contribution >= 0.6 is 0 Å². The molecule has 2 aromatic carbocycles. The van der Waals surface area contributed by atoms with E-state index in [1.54, 1.807) is 0 Å². The Hall–Kier alpha value is -2.55. The molecule has 0 spiro atoms. The molecule has 1 atom stereocenters. The van der Waals surface area contributed by atoms with E-state index in [1.165, 1.54) is 106 Å². The van der Waals surface area contributed by atoms with Crippen LogP contribution in [-0.2, 0) is 6.42 Å². The molecule has 3 nitrogen and oxygen atoms in total. The second-order valence-corrected chi connectivity index (χ2v) is 11.9. The first-order chi connectivity index (χ1) is 19.0. The molecule has 1 aromatic heterocycles. The molecule has 3 rings (SSSR count). The number of pyridine rings is 1. The van der Waals surface area contributed by atoms with Crippen molar-refractivity contribution >= 4 is 16.6 Å². The SMILES string of the molecule is CCCCCCCCCCCCCCCCc1c(NCC(C)c2ccccc2)c2c(C)cc(C)cc2[nH]c1=O. The molecule has 0 bridgehead atoms. The number of unbranched alkanes of at least 4 members (excludes halogenated alkanes) is 13. The number of benzene rings is 2. The molecule has 0 radical (unpaired) electrons. The van der Waals surface area contributed by atoms with Crippen LogP contribution in [0.15, 0.2) is 47.3 Å². The van der Waals surface area contributed by atoms with E-state index in [2.05, 4.69) is 80.5 Å². The number of hydrogen-bond acceptors (Lipinski definition) is 2. The Balaban J connectivity index is 1.51. The lowest BCUT2D eigenvalue weighted by atomic mass is 9.97. The molecule has 0 aliphatic carbocycles. The first-order valence-electron chi connectivity index (χ1n) is 16.0. The van der Waals surface area contributed by atoms with E-state index in [1.807, 2.05) is 0 Å². The molecule has 1 heterocycles. The summed E-state index contributed by atoms with van der Waals surface area (Å²) in [6.45, 7) is 9.60. The van der Waals surface area contributed by atoms with Crippen LogP contribution in [0.4, 0.5) is 5.69 Å². The molecule has 0 aliphatic heterocycles. The Labute approximate surface area is 238 Å². The van der Waals surface area contributed by atoms with Gasteiger partial charge in [-0.15, -0.1) is 0 Å². The third-order valence-corrected chi connectivity index (χ3v) is 8.29. The minimum Gasteiger partial charge on any atom is -0.384 e. The predicted molar refractivity (Wildman–Crippen MR) is 171 cm³/mol. The van der Waals surface area contributed by atoms with Crippen molar-refractivity contribution in [3.05, 3.63) is 75.1 Å². The summed E-state index contributed by atoms with van der Waals surface area (Å²) in [5.74, 6) is 0.361. The normalized spacial score (nSPS) is 12.2. The maximum atomic E-state index is 13.3. The van der Waals surface area contributed by atoms with Gasteiger partial charge >= 0.3 is 0 Å². The lowest BCUT2D eigenvalue weighted by Gasteiger charge is -2.19. The molecule has 3 heteroatoms. The van der Waals surface area contributed by atoms with Crippen molar-refractivity contribution in [3.63, 3.8) is 0 Å². The fourth-order valence-corrected chi connectivity index (χ4v) is 5.94. The molecule has 0 aliphatic rings. The van der Waals surface area contributed by atoms with Crippen molar-refractivity contribution in [1.82, 2.24) is 4.98 Å². The zero-order valence-electron chi connectivity index (χ0n) is 25.3. The van der Waals surface area contributed by atoms with Gasteiger partial charge in [0.05, 0.1) is 11.2 Å². The second-order valence-electron chi connectivity index (χ2n) is 11.9. The average molecular weight is 531 g/mol. The minimum atomic E-state index is 0.0667. The molecule has 214 valence electrons. The van der Waals surface area contributed by atoms with Crippen LogP contribution < -0.4 is 10.9 Å². The van der Waals surface area contributed by atoms with Crippen molar-refractivity contribution < 1.29 is 0 Å². The largest absolute Gasteiger partial charge is 0.384 e. The van der Waals surface area contributed by atoms with Gasteiger partial charge in [-0.05, 0) is 55.4 Å². The number of nitrogens with one attached hydrogen (secondary N) is 2. The van der Waals surface area contributed by atoms with Gasteiger partial charge in [0.2, 0.25) is 0 Å². The molecular weight excluding hydrogens is 476 g/mol. The molecule has 0 amide bonds. The summed E-state index contributed by atoms with van der Waals surface area (Å²) in [7, 11) is 0. The number of fused-ring (bicyclic) bond motifs is 1. The number of hydrogen-bond donors (Lipinski definition) is 2. The summed E-state index contributed by atoms with van der Waals surface area (Å²) in [4.78, 5) is 16.5. The summed E-state index contributed by atoms with van der Waals surface area (Å²) in [6.07, 6.45) is 19.7. The van der Waals surface area contributed by atoms with Crippen molar-refractivity contribution in [2.24, 2.45) is 0 Å². The number of aryl methyl sites for hydroxylation is 2. The Bertz CT molecular complexity index is 1160. The molecule has 0 saturated carbocycles. The Kier molecular flexibility index (Phi) is 13.7. The van der Waals surface area contributed by atoms with Gasteiger partial charge in [-0.25, -0.2) is 0 Å². The van der Waals surface area contributed by atoms with Crippen molar-refractivity contribution in [2.45, 2.75) is 130 Å². The van der Waals surface area contributed by atoms with Crippen LogP contribution in [0, 0.1) is 13.8 Å². The van der Waals surface area contributed by atoms with Gasteiger partial charge in [-0.3, -0.25) is 4.79 Å². The summed E-state index contributed by atoms with van der Waals surface area (Å²) >= 11 is 0. The monoisotopic (exact) mass is 530 g/mol. The highest BCUT2D eigenvalue weighted by Crippen LogP contribution is 2.30. The fraction of sp³-hybridized carbons (Fsp3) is 0.583. The highest BCUT2D eigenvalue weighted by Gasteiger charge is 2.16. The van der Waals surface area contributed by atoms with Crippen LogP contribution in [0.1, 0.15) is 132 Å². The van der Waals surface area contributed by atoms with Gasteiger partial charge in [-0.1, -0.05) is 134 Å². The second kappa shape index (κ2) is 17.2. The van der Waals surface area contributed by atoms with Crippen molar-refractivity contribution in [3.8, 4) is 0 Å². The van der Waals surface area contributed by atoms with E-state index in [9.17, 15) is 4.79 Å². The molecule has 2 N–H and O–H groups in total. The Morgan fingerprint density at radius 2 is 1.33 bits per heavy atom. The lowest BCUT2D eigenvalue weighted by molar-refractivity contribution is 0.535. The van der Waals surface area contributed by atoms with Crippen LogP contribution in [0.3, 0.4) is 0 Å². The van der Waals surface area contributed by atoms with Gasteiger partial charge in [-0.2, -0.15) is 0 Å². The smallest absolute Gasteiger partial charge is 0.253 e. The standard InChI is InChI=1S/C36H54N2O/c1-5-6-7-8-9-10-11-12-13-14-15-16-17-21-24-32-35(37-27-30(4)31-22-19-18-20-23-31)34-29(3)25-28(2)26-33(34)38-36(32)39/h18-20,22-23,25-26,30H,5-17,21,24,27H2,1-4H3,(H2,37,38,39). The first-order valence-corrected chi connectivity index (χ1v) is 16.0. The highest BCUT2D eigenvalue weighted by atomic mass is 16.1. The van der Waals surface area contributed by atoms with Crippen LogP contribution in [0.5, 0.6) is 0 Å². The van der Waals surface area contributed by atoms with Gasteiger partial charge in [0.25, 0.3) is 5.56 Å². The summed E-state index contributed by atoms with van der Waals surface area (Å²) in [5.41, 5.74) is 6.70. The number of anilines is 1. The Morgan fingerprint density at radius 3 is 1.92 bits per heavy atom. The Morgan fingerprint density at radius 1 is 0.769 bits per heavy atom. The fourth-order valence-electron chi connectivity index (χ4n) is 5.94.